The van der Waals surface area contributed by atoms with E-state index in [1.165, 1.54) is 0 Å². The quantitative estimate of drug-likeness (QED) is 0.597. The average molecular weight is 211 g/mol. The Hall–Kier alpha value is -2.05. The topological polar surface area (TPSA) is 116 Å². The van der Waals surface area contributed by atoms with Crippen LogP contribution in [0.1, 0.15) is 5.56 Å². The number of hydrogen-bond acceptors (Lipinski definition) is 6. The Morgan fingerprint density at radius 3 is 3.07 bits per heavy atom. The minimum Gasteiger partial charge on any atom is -0.448 e. The molecule has 0 unspecified atom stereocenters. The summed E-state index contributed by atoms with van der Waals surface area (Å²) < 4.78 is 4.54. The lowest BCUT2D eigenvalue weighted by molar-refractivity contribution is 0.161. The van der Waals surface area contributed by atoms with E-state index in [-0.39, 0.29) is 12.6 Å². The summed E-state index contributed by atoms with van der Waals surface area (Å²) in [5.74, 6) is 0.814. The maximum absolute atomic E-state index is 10.3. The Morgan fingerprint density at radius 2 is 2.40 bits per heavy atom. The van der Waals surface area contributed by atoms with Crippen molar-refractivity contribution in [3.8, 4) is 0 Å². The van der Waals surface area contributed by atoms with Crippen LogP contribution in [0.4, 0.5) is 16.6 Å². The van der Waals surface area contributed by atoms with Crippen LogP contribution in [-0.4, -0.2) is 29.2 Å². The van der Waals surface area contributed by atoms with E-state index in [0.717, 1.165) is 5.56 Å². The minimum absolute atomic E-state index is 0.179. The molecular weight excluding hydrogens is 198 g/mol. The second-order valence-electron chi connectivity index (χ2n) is 2.85. The highest BCUT2D eigenvalue weighted by atomic mass is 16.5. The number of aromatic nitrogens is 2. The van der Waals surface area contributed by atoms with Gasteiger partial charge < -0.3 is 21.5 Å². The Kier molecular flexibility index (Phi) is 3.67. The van der Waals surface area contributed by atoms with E-state index in [4.69, 9.17) is 11.5 Å². The fourth-order valence-electron chi connectivity index (χ4n) is 0.956. The fourth-order valence-corrected chi connectivity index (χ4v) is 0.956. The highest BCUT2D eigenvalue weighted by Crippen LogP contribution is 2.09. The molecule has 0 aliphatic carbocycles. The summed E-state index contributed by atoms with van der Waals surface area (Å²) in [6.07, 6.45) is 0.815. The lowest BCUT2D eigenvalue weighted by Crippen LogP contribution is -2.19. The first-order valence-corrected chi connectivity index (χ1v) is 4.35. The third kappa shape index (κ3) is 3.67. The third-order valence-corrected chi connectivity index (χ3v) is 1.63. The van der Waals surface area contributed by atoms with Gasteiger partial charge in [0.2, 0.25) is 5.95 Å². The van der Waals surface area contributed by atoms with Crippen molar-refractivity contribution in [1.82, 2.24) is 9.97 Å². The second kappa shape index (κ2) is 4.99. The lowest BCUT2D eigenvalue weighted by Gasteiger charge is -2.08. The van der Waals surface area contributed by atoms with Crippen molar-refractivity contribution in [2.75, 3.05) is 24.2 Å². The molecule has 0 aliphatic heterocycles. The number of amides is 1. The fraction of sp³-hybridized carbons (Fsp3) is 0.375. The van der Waals surface area contributed by atoms with Gasteiger partial charge in [0, 0.05) is 11.8 Å². The third-order valence-electron chi connectivity index (χ3n) is 1.63. The lowest BCUT2D eigenvalue weighted by atomic mass is 10.3. The zero-order valence-corrected chi connectivity index (χ0v) is 8.36. The number of rotatable bonds is 4. The number of carbonyl (C=O) groups is 1. The summed E-state index contributed by atoms with van der Waals surface area (Å²) in [5, 5.41) is 2.95. The summed E-state index contributed by atoms with van der Waals surface area (Å²) in [6.45, 7) is 2.44. The molecule has 0 radical (unpaired) electrons. The molecule has 1 amide bonds. The van der Waals surface area contributed by atoms with Crippen LogP contribution < -0.4 is 16.8 Å². The van der Waals surface area contributed by atoms with Crippen LogP contribution in [0.5, 0.6) is 0 Å². The Labute approximate surface area is 86.8 Å². The first-order chi connectivity index (χ1) is 7.09. The van der Waals surface area contributed by atoms with Crippen molar-refractivity contribution in [2.24, 2.45) is 5.73 Å². The Bertz CT molecular complexity index is 355. The smallest absolute Gasteiger partial charge is 0.404 e. The molecular formula is C8H13N5O2. The number of nitrogens with two attached hydrogens (primary N) is 2. The van der Waals surface area contributed by atoms with E-state index in [0.29, 0.717) is 12.4 Å². The molecule has 0 bridgehead atoms. The zero-order chi connectivity index (χ0) is 11.3. The maximum atomic E-state index is 10.3. The largest absolute Gasteiger partial charge is 0.448 e. The van der Waals surface area contributed by atoms with Crippen LogP contribution >= 0.6 is 0 Å². The molecule has 15 heavy (non-hydrogen) atoms. The van der Waals surface area contributed by atoms with Gasteiger partial charge in [-0.2, -0.15) is 4.98 Å². The van der Waals surface area contributed by atoms with Gasteiger partial charge >= 0.3 is 6.09 Å². The second-order valence-corrected chi connectivity index (χ2v) is 2.85. The molecule has 1 aromatic rings. The summed E-state index contributed by atoms with van der Waals surface area (Å²) in [5.41, 5.74) is 11.1. The minimum atomic E-state index is -0.796. The van der Waals surface area contributed by atoms with Gasteiger partial charge in [0.05, 0.1) is 6.54 Å². The Morgan fingerprint density at radius 1 is 1.67 bits per heavy atom. The summed E-state index contributed by atoms with van der Waals surface area (Å²) in [6, 6.07) is 0. The van der Waals surface area contributed by atoms with Gasteiger partial charge in [-0.1, -0.05) is 0 Å². The molecule has 0 aliphatic rings. The standard InChI is InChI=1S/C8H13N5O2/c1-5-4-12-7(9)13-6(5)11-2-3-15-8(10)14/h4H,2-3H2,1H3,(H2,10,14)(H3,9,11,12,13). The number of nitrogens with zero attached hydrogens (tertiary/aromatic N) is 2. The van der Waals surface area contributed by atoms with Gasteiger partial charge in [-0.25, -0.2) is 9.78 Å². The van der Waals surface area contributed by atoms with Crippen molar-refractivity contribution in [1.29, 1.82) is 0 Å². The van der Waals surface area contributed by atoms with Gasteiger partial charge in [-0.05, 0) is 6.92 Å². The number of hydrogen-bond donors (Lipinski definition) is 3. The molecule has 5 N–H and O–H groups in total. The van der Waals surface area contributed by atoms with Crippen molar-refractivity contribution in [3.63, 3.8) is 0 Å². The molecule has 1 heterocycles. The van der Waals surface area contributed by atoms with E-state index in [9.17, 15) is 4.79 Å². The van der Waals surface area contributed by atoms with Gasteiger partial charge in [0.15, 0.2) is 0 Å². The maximum Gasteiger partial charge on any atom is 0.404 e. The van der Waals surface area contributed by atoms with Gasteiger partial charge in [0.25, 0.3) is 0 Å². The Balaban J connectivity index is 2.43. The predicted octanol–water partition coefficient (Wildman–Crippen LogP) is -0.126. The van der Waals surface area contributed by atoms with Crippen LogP contribution in [0.2, 0.25) is 0 Å². The first kappa shape index (κ1) is 11.0. The van der Waals surface area contributed by atoms with E-state index in [2.05, 4.69) is 20.0 Å². The number of nitrogens with one attached hydrogen (secondary N) is 1. The molecule has 7 heteroatoms. The number of primary amides is 1. The van der Waals surface area contributed by atoms with Crippen molar-refractivity contribution in [2.45, 2.75) is 6.92 Å². The molecule has 0 saturated carbocycles. The molecule has 0 spiro atoms. The summed E-state index contributed by atoms with van der Waals surface area (Å²) in [7, 11) is 0. The molecule has 1 rings (SSSR count). The monoisotopic (exact) mass is 211 g/mol. The predicted molar refractivity (Wildman–Crippen MR) is 55.2 cm³/mol. The van der Waals surface area contributed by atoms with E-state index in [1.807, 2.05) is 6.92 Å². The van der Waals surface area contributed by atoms with Gasteiger partial charge in [-0.3, -0.25) is 0 Å². The summed E-state index contributed by atoms with van der Waals surface area (Å²) >= 11 is 0. The molecule has 82 valence electrons. The van der Waals surface area contributed by atoms with Gasteiger partial charge in [-0.15, -0.1) is 0 Å². The van der Waals surface area contributed by atoms with Crippen molar-refractivity contribution >= 4 is 17.9 Å². The molecule has 0 aromatic carbocycles. The molecule has 7 nitrogen and oxygen atoms in total. The average Bonchev–Trinajstić information content (AvgIpc) is 2.17. The van der Waals surface area contributed by atoms with Crippen LogP contribution in [0.15, 0.2) is 6.20 Å². The molecule has 0 atom stereocenters. The van der Waals surface area contributed by atoms with E-state index < -0.39 is 6.09 Å². The SMILES string of the molecule is Cc1cnc(N)nc1NCCOC(N)=O. The van der Waals surface area contributed by atoms with E-state index >= 15 is 0 Å². The normalized spacial score (nSPS) is 9.67. The molecule has 0 saturated heterocycles. The van der Waals surface area contributed by atoms with Crippen LogP contribution in [0.25, 0.3) is 0 Å². The highest BCUT2D eigenvalue weighted by Gasteiger charge is 2.01. The van der Waals surface area contributed by atoms with Crippen molar-refractivity contribution in [3.05, 3.63) is 11.8 Å². The van der Waals surface area contributed by atoms with Crippen LogP contribution in [0, 0.1) is 6.92 Å². The summed E-state index contributed by atoms with van der Waals surface area (Å²) in [4.78, 5) is 18.0. The molecule has 0 fully saturated rings. The number of anilines is 2. The number of aryl methyl sites for hydroxylation is 1. The van der Waals surface area contributed by atoms with E-state index in [1.54, 1.807) is 6.20 Å². The number of carbonyl (C=O) groups excluding carboxylic acids is 1. The van der Waals surface area contributed by atoms with Crippen LogP contribution in [0.3, 0.4) is 0 Å². The highest BCUT2D eigenvalue weighted by molar-refractivity contribution is 5.64. The molecule has 1 aromatic heterocycles. The van der Waals surface area contributed by atoms with Crippen molar-refractivity contribution < 1.29 is 9.53 Å². The number of ether oxygens (including phenoxy) is 1. The van der Waals surface area contributed by atoms with Crippen LogP contribution in [-0.2, 0) is 4.74 Å². The first-order valence-electron chi connectivity index (χ1n) is 4.35. The van der Waals surface area contributed by atoms with Gasteiger partial charge in [0.1, 0.15) is 12.4 Å². The zero-order valence-electron chi connectivity index (χ0n) is 8.36. The number of nitrogen functional groups attached to an aromatic ring is 1.